The van der Waals surface area contributed by atoms with E-state index in [1.165, 1.54) is 0 Å². The fraction of sp³-hybridized carbons (Fsp3) is 0.250. The van der Waals surface area contributed by atoms with E-state index in [1.807, 2.05) is 68.4 Å². The molecule has 0 saturated heterocycles. The Morgan fingerprint density at radius 3 is 2.56 bits per heavy atom. The first kappa shape index (κ1) is 16.9. The summed E-state index contributed by atoms with van der Waals surface area (Å²) >= 11 is 0. The Bertz CT molecular complexity index is 843. The molecule has 0 radical (unpaired) electrons. The molecule has 0 aliphatic rings. The first-order chi connectivity index (χ1) is 12.1. The van der Waals surface area contributed by atoms with Gasteiger partial charge in [-0.3, -0.25) is 4.79 Å². The molecular formula is C20H21N3O2. The molecule has 2 aromatic carbocycles. The Balaban J connectivity index is 1.55. The molecule has 1 aromatic heterocycles. The lowest BCUT2D eigenvalue weighted by atomic mass is 10.1. The van der Waals surface area contributed by atoms with Crippen LogP contribution in [0.4, 0.5) is 0 Å². The van der Waals surface area contributed by atoms with E-state index in [0.717, 1.165) is 16.7 Å². The van der Waals surface area contributed by atoms with Gasteiger partial charge in [0.25, 0.3) is 0 Å². The molecule has 3 rings (SSSR count). The van der Waals surface area contributed by atoms with Gasteiger partial charge in [0.1, 0.15) is 0 Å². The molecule has 1 amide bonds. The molecule has 0 aliphatic carbocycles. The summed E-state index contributed by atoms with van der Waals surface area (Å²) in [4.78, 5) is 12.1. The summed E-state index contributed by atoms with van der Waals surface area (Å²) in [5, 5.41) is 11.1. The number of hydrogen-bond donors (Lipinski definition) is 1. The number of aromatic nitrogens is 2. The van der Waals surface area contributed by atoms with E-state index in [1.54, 1.807) is 0 Å². The molecule has 0 bridgehead atoms. The summed E-state index contributed by atoms with van der Waals surface area (Å²) in [5.41, 5.74) is 3.08. The van der Waals surface area contributed by atoms with Crippen molar-refractivity contribution in [2.24, 2.45) is 0 Å². The van der Waals surface area contributed by atoms with Gasteiger partial charge in [0.2, 0.25) is 17.7 Å². The van der Waals surface area contributed by atoms with Crippen molar-refractivity contribution in [1.29, 1.82) is 0 Å². The molecule has 1 atom stereocenters. The highest BCUT2D eigenvalue weighted by molar-refractivity contribution is 5.76. The molecule has 1 unspecified atom stereocenters. The zero-order chi connectivity index (χ0) is 17.6. The van der Waals surface area contributed by atoms with Gasteiger partial charge in [0, 0.05) is 18.4 Å². The average Bonchev–Trinajstić information content (AvgIpc) is 3.10. The molecule has 128 valence electrons. The van der Waals surface area contributed by atoms with E-state index in [9.17, 15) is 4.79 Å². The zero-order valence-electron chi connectivity index (χ0n) is 14.4. The summed E-state index contributed by atoms with van der Waals surface area (Å²) in [7, 11) is 0. The second kappa shape index (κ2) is 7.75. The summed E-state index contributed by atoms with van der Waals surface area (Å²) in [5.74, 6) is 0.930. The van der Waals surface area contributed by atoms with Crippen molar-refractivity contribution in [2.45, 2.75) is 32.7 Å². The number of rotatable bonds is 6. The smallest absolute Gasteiger partial charge is 0.247 e. The monoisotopic (exact) mass is 335 g/mol. The van der Waals surface area contributed by atoms with Crippen LogP contribution in [0.5, 0.6) is 0 Å². The lowest BCUT2D eigenvalue weighted by Gasteiger charge is -2.13. The van der Waals surface area contributed by atoms with Gasteiger partial charge in [-0.05, 0) is 31.0 Å². The molecular weight excluding hydrogens is 314 g/mol. The third-order valence-corrected chi connectivity index (χ3v) is 4.09. The Morgan fingerprint density at radius 2 is 1.80 bits per heavy atom. The Morgan fingerprint density at radius 1 is 1.08 bits per heavy atom. The topological polar surface area (TPSA) is 68.0 Å². The molecule has 1 N–H and O–H groups in total. The van der Waals surface area contributed by atoms with E-state index in [-0.39, 0.29) is 11.9 Å². The van der Waals surface area contributed by atoms with Gasteiger partial charge in [0.05, 0.1) is 6.04 Å². The lowest BCUT2D eigenvalue weighted by Crippen LogP contribution is -2.26. The van der Waals surface area contributed by atoms with E-state index in [2.05, 4.69) is 15.5 Å². The Labute approximate surface area is 147 Å². The van der Waals surface area contributed by atoms with Gasteiger partial charge in [0.15, 0.2) is 0 Å². The summed E-state index contributed by atoms with van der Waals surface area (Å²) in [6.45, 7) is 3.97. The molecule has 5 heteroatoms. The second-order valence-corrected chi connectivity index (χ2v) is 6.02. The van der Waals surface area contributed by atoms with E-state index < -0.39 is 0 Å². The highest BCUT2D eigenvalue weighted by Crippen LogP contribution is 2.21. The molecule has 1 heterocycles. The number of carbonyl (C=O) groups excluding carboxylic acids is 1. The van der Waals surface area contributed by atoms with Crippen LogP contribution in [0.2, 0.25) is 0 Å². The maximum absolute atomic E-state index is 12.1. The number of carbonyl (C=O) groups is 1. The van der Waals surface area contributed by atoms with Crippen LogP contribution in [0.1, 0.15) is 36.4 Å². The van der Waals surface area contributed by atoms with Gasteiger partial charge >= 0.3 is 0 Å². The maximum Gasteiger partial charge on any atom is 0.247 e. The highest BCUT2D eigenvalue weighted by Gasteiger charge is 2.13. The van der Waals surface area contributed by atoms with Crippen molar-refractivity contribution >= 4 is 5.91 Å². The van der Waals surface area contributed by atoms with Crippen LogP contribution >= 0.6 is 0 Å². The maximum atomic E-state index is 12.1. The summed E-state index contributed by atoms with van der Waals surface area (Å²) in [6.07, 6.45) is 0.735. The van der Waals surface area contributed by atoms with Crippen LogP contribution in [0.3, 0.4) is 0 Å². The van der Waals surface area contributed by atoms with Crippen LogP contribution < -0.4 is 5.32 Å². The van der Waals surface area contributed by atoms with Crippen molar-refractivity contribution in [3.63, 3.8) is 0 Å². The molecule has 5 nitrogen and oxygen atoms in total. The highest BCUT2D eigenvalue weighted by atomic mass is 16.4. The van der Waals surface area contributed by atoms with Crippen molar-refractivity contribution < 1.29 is 9.21 Å². The van der Waals surface area contributed by atoms with E-state index in [0.29, 0.717) is 24.6 Å². The van der Waals surface area contributed by atoms with Crippen molar-refractivity contribution in [2.75, 3.05) is 0 Å². The zero-order valence-corrected chi connectivity index (χ0v) is 14.4. The minimum Gasteiger partial charge on any atom is -0.421 e. The van der Waals surface area contributed by atoms with Crippen LogP contribution in [-0.2, 0) is 11.2 Å². The van der Waals surface area contributed by atoms with Gasteiger partial charge in [-0.15, -0.1) is 10.2 Å². The number of nitrogens with one attached hydrogen (secondary N) is 1. The van der Waals surface area contributed by atoms with Crippen molar-refractivity contribution in [3.8, 4) is 11.5 Å². The number of aryl methyl sites for hydroxylation is 2. The predicted molar refractivity (Wildman–Crippen MR) is 95.8 cm³/mol. The predicted octanol–water partition coefficient (Wildman–Crippen LogP) is 3.86. The molecule has 0 saturated carbocycles. The lowest BCUT2D eigenvalue weighted by molar-refractivity contribution is -0.121. The van der Waals surface area contributed by atoms with Gasteiger partial charge in [-0.25, -0.2) is 0 Å². The number of hydrogen-bond acceptors (Lipinski definition) is 4. The molecule has 0 aliphatic heterocycles. The van der Waals surface area contributed by atoms with Crippen molar-refractivity contribution in [3.05, 3.63) is 71.6 Å². The van der Waals surface area contributed by atoms with Gasteiger partial charge < -0.3 is 9.73 Å². The van der Waals surface area contributed by atoms with Crippen molar-refractivity contribution in [1.82, 2.24) is 15.5 Å². The largest absolute Gasteiger partial charge is 0.421 e. The minimum absolute atomic E-state index is 0.0288. The molecule has 0 spiro atoms. The second-order valence-electron chi connectivity index (χ2n) is 6.02. The number of nitrogens with zero attached hydrogens (tertiary/aromatic N) is 2. The standard InChI is InChI=1S/C20H21N3O2/c1-14-8-6-7-11-17(14)20-23-22-19(25-20)13-12-18(24)21-15(2)16-9-4-3-5-10-16/h3-11,15H,12-13H2,1-2H3,(H,21,24). The van der Waals surface area contributed by atoms with E-state index in [4.69, 9.17) is 4.42 Å². The first-order valence-electron chi connectivity index (χ1n) is 8.36. The summed E-state index contributed by atoms with van der Waals surface area (Å²) < 4.78 is 5.69. The average molecular weight is 335 g/mol. The quantitative estimate of drug-likeness (QED) is 0.743. The summed E-state index contributed by atoms with van der Waals surface area (Å²) in [6, 6.07) is 17.7. The van der Waals surface area contributed by atoms with Crippen LogP contribution in [0, 0.1) is 6.92 Å². The minimum atomic E-state index is -0.0352. The first-order valence-corrected chi connectivity index (χ1v) is 8.36. The number of benzene rings is 2. The fourth-order valence-corrected chi connectivity index (χ4v) is 2.64. The number of amides is 1. The third kappa shape index (κ3) is 4.32. The van der Waals surface area contributed by atoms with Gasteiger partial charge in [-0.2, -0.15) is 0 Å². The third-order valence-electron chi connectivity index (χ3n) is 4.09. The molecule has 0 fully saturated rings. The van der Waals surface area contributed by atoms with Crippen LogP contribution in [0.25, 0.3) is 11.5 Å². The Kier molecular flexibility index (Phi) is 5.23. The molecule has 25 heavy (non-hydrogen) atoms. The van der Waals surface area contributed by atoms with Crippen LogP contribution in [0.15, 0.2) is 59.0 Å². The Hall–Kier alpha value is -2.95. The molecule has 3 aromatic rings. The SMILES string of the molecule is Cc1ccccc1-c1nnc(CCC(=O)NC(C)c2ccccc2)o1. The fourth-order valence-electron chi connectivity index (χ4n) is 2.64. The van der Waals surface area contributed by atoms with Crippen LogP contribution in [-0.4, -0.2) is 16.1 Å². The normalized spacial score (nSPS) is 11.9. The van der Waals surface area contributed by atoms with Gasteiger partial charge in [-0.1, -0.05) is 48.5 Å². The van der Waals surface area contributed by atoms with E-state index >= 15 is 0 Å².